The Labute approximate surface area is 109 Å². The Balaban J connectivity index is 2.09. The SMILES string of the molecule is COc1ccc(NC(=O)C(C)n2cncn2)cc1F. The van der Waals surface area contributed by atoms with Gasteiger partial charge in [-0.25, -0.2) is 14.1 Å². The molecule has 0 fully saturated rings. The molecule has 1 aromatic carbocycles. The van der Waals surface area contributed by atoms with Gasteiger partial charge in [-0.1, -0.05) is 0 Å². The molecule has 1 amide bonds. The second-order valence-electron chi connectivity index (χ2n) is 3.89. The zero-order valence-electron chi connectivity index (χ0n) is 10.5. The van der Waals surface area contributed by atoms with Crippen molar-refractivity contribution in [2.45, 2.75) is 13.0 Å². The summed E-state index contributed by atoms with van der Waals surface area (Å²) >= 11 is 0. The van der Waals surface area contributed by atoms with E-state index in [9.17, 15) is 9.18 Å². The van der Waals surface area contributed by atoms with Gasteiger partial charge in [-0.05, 0) is 19.1 Å². The van der Waals surface area contributed by atoms with Crippen molar-refractivity contribution in [3.63, 3.8) is 0 Å². The van der Waals surface area contributed by atoms with Gasteiger partial charge in [0.25, 0.3) is 0 Å². The van der Waals surface area contributed by atoms with E-state index in [1.807, 2.05) is 0 Å². The summed E-state index contributed by atoms with van der Waals surface area (Å²) in [5.41, 5.74) is 0.357. The molecular weight excluding hydrogens is 251 g/mol. The molecule has 0 radical (unpaired) electrons. The van der Waals surface area contributed by atoms with E-state index in [1.165, 1.54) is 36.6 Å². The highest BCUT2D eigenvalue weighted by Gasteiger charge is 2.16. The van der Waals surface area contributed by atoms with Crippen LogP contribution in [0.4, 0.5) is 10.1 Å². The van der Waals surface area contributed by atoms with Gasteiger partial charge in [0, 0.05) is 11.8 Å². The van der Waals surface area contributed by atoms with E-state index >= 15 is 0 Å². The number of carbonyl (C=O) groups is 1. The number of benzene rings is 1. The Morgan fingerprint density at radius 2 is 2.32 bits per heavy atom. The molecule has 19 heavy (non-hydrogen) atoms. The van der Waals surface area contributed by atoms with Crippen molar-refractivity contribution in [3.8, 4) is 5.75 Å². The van der Waals surface area contributed by atoms with Crippen LogP contribution in [0.25, 0.3) is 0 Å². The number of hydrogen-bond donors (Lipinski definition) is 1. The van der Waals surface area contributed by atoms with Crippen LogP contribution in [-0.4, -0.2) is 27.8 Å². The minimum absolute atomic E-state index is 0.127. The molecule has 0 saturated carbocycles. The summed E-state index contributed by atoms with van der Waals surface area (Å²) in [6.07, 6.45) is 2.79. The minimum Gasteiger partial charge on any atom is -0.494 e. The van der Waals surface area contributed by atoms with Crippen LogP contribution in [0.15, 0.2) is 30.9 Å². The fourth-order valence-corrected chi connectivity index (χ4v) is 1.53. The number of hydrogen-bond acceptors (Lipinski definition) is 4. The van der Waals surface area contributed by atoms with Crippen LogP contribution in [0.2, 0.25) is 0 Å². The summed E-state index contributed by atoms with van der Waals surface area (Å²) in [6.45, 7) is 1.67. The monoisotopic (exact) mass is 264 g/mol. The van der Waals surface area contributed by atoms with Crippen molar-refractivity contribution < 1.29 is 13.9 Å². The van der Waals surface area contributed by atoms with Crippen molar-refractivity contribution in [2.75, 3.05) is 12.4 Å². The van der Waals surface area contributed by atoms with Crippen molar-refractivity contribution >= 4 is 11.6 Å². The standard InChI is InChI=1S/C12H13FN4O2/c1-8(17-7-14-6-15-17)12(18)16-9-3-4-11(19-2)10(13)5-9/h3-8H,1-2H3,(H,16,18). The van der Waals surface area contributed by atoms with Crippen LogP contribution >= 0.6 is 0 Å². The number of nitrogens with zero attached hydrogens (tertiary/aromatic N) is 3. The summed E-state index contributed by atoms with van der Waals surface area (Å²) in [4.78, 5) is 15.7. The van der Waals surface area contributed by atoms with Crippen molar-refractivity contribution in [1.29, 1.82) is 0 Å². The predicted molar refractivity (Wildman–Crippen MR) is 66.3 cm³/mol. The van der Waals surface area contributed by atoms with Gasteiger partial charge in [0.15, 0.2) is 11.6 Å². The first-order chi connectivity index (χ1) is 9.11. The lowest BCUT2D eigenvalue weighted by Gasteiger charge is -2.12. The Kier molecular flexibility index (Phi) is 3.74. The van der Waals surface area contributed by atoms with Gasteiger partial charge in [-0.2, -0.15) is 5.10 Å². The molecule has 2 rings (SSSR count). The number of amides is 1. The number of halogens is 1. The van der Waals surface area contributed by atoms with Crippen LogP contribution in [-0.2, 0) is 4.79 Å². The molecule has 0 saturated heterocycles. The van der Waals surface area contributed by atoms with Gasteiger partial charge in [0.1, 0.15) is 18.7 Å². The molecule has 1 aromatic heterocycles. The van der Waals surface area contributed by atoms with Gasteiger partial charge < -0.3 is 10.1 Å². The third kappa shape index (κ3) is 2.87. The molecular formula is C12H13FN4O2. The van der Waals surface area contributed by atoms with E-state index in [0.29, 0.717) is 5.69 Å². The maximum atomic E-state index is 13.5. The molecule has 0 aliphatic rings. The van der Waals surface area contributed by atoms with Gasteiger partial charge in [-0.3, -0.25) is 4.79 Å². The molecule has 7 heteroatoms. The highest BCUT2D eigenvalue weighted by molar-refractivity contribution is 5.93. The largest absolute Gasteiger partial charge is 0.494 e. The van der Waals surface area contributed by atoms with E-state index in [4.69, 9.17) is 4.74 Å². The number of nitrogens with one attached hydrogen (secondary N) is 1. The van der Waals surface area contributed by atoms with E-state index in [2.05, 4.69) is 15.4 Å². The Hall–Kier alpha value is -2.44. The quantitative estimate of drug-likeness (QED) is 0.911. The van der Waals surface area contributed by atoms with Crippen molar-refractivity contribution in [1.82, 2.24) is 14.8 Å². The van der Waals surface area contributed by atoms with Crippen LogP contribution in [0.3, 0.4) is 0 Å². The maximum absolute atomic E-state index is 13.5. The molecule has 100 valence electrons. The van der Waals surface area contributed by atoms with Gasteiger partial charge >= 0.3 is 0 Å². The second kappa shape index (κ2) is 5.47. The van der Waals surface area contributed by atoms with Gasteiger partial charge in [0.2, 0.25) is 5.91 Å². The number of anilines is 1. The Morgan fingerprint density at radius 1 is 1.53 bits per heavy atom. The van der Waals surface area contributed by atoms with Crippen LogP contribution < -0.4 is 10.1 Å². The van der Waals surface area contributed by atoms with Gasteiger partial charge in [0.05, 0.1) is 7.11 Å². The molecule has 0 aliphatic heterocycles. The minimum atomic E-state index is -0.535. The van der Waals surface area contributed by atoms with Crippen molar-refractivity contribution in [2.24, 2.45) is 0 Å². The number of methoxy groups -OCH3 is 1. The number of aromatic nitrogens is 3. The summed E-state index contributed by atoms with van der Waals surface area (Å²) in [5, 5.41) is 6.47. The number of rotatable bonds is 4. The number of ether oxygens (including phenoxy) is 1. The lowest BCUT2D eigenvalue weighted by Crippen LogP contribution is -2.24. The normalized spacial score (nSPS) is 11.9. The lowest BCUT2D eigenvalue weighted by molar-refractivity contribution is -0.119. The zero-order chi connectivity index (χ0) is 13.8. The average molecular weight is 264 g/mol. The van der Waals surface area contributed by atoms with Crippen LogP contribution in [0, 0.1) is 5.82 Å². The fourth-order valence-electron chi connectivity index (χ4n) is 1.53. The fraction of sp³-hybridized carbons (Fsp3) is 0.250. The molecule has 1 N–H and O–H groups in total. The smallest absolute Gasteiger partial charge is 0.249 e. The molecule has 0 aliphatic carbocycles. The Bertz CT molecular complexity index is 571. The average Bonchev–Trinajstić information content (AvgIpc) is 2.92. The molecule has 2 aromatic rings. The third-order valence-corrected chi connectivity index (χ3v) is 2.63. The molecule has 0 bridgehead atoms. The summed E-state index contributed by atoms with van der Waals surface area (Å²) in [5.74, 6) is -0.717. The van der Waals surface area contributed by atoms with E-state index in [0.717, 1.165) is 0 Å². The second-order valence-corrected chi connectivity index (χ2v) is 3.89. The summed E-state index contributed by atoms with van der Waals surface area (Å²) in [7, 11) is 1.38. The van der Waals surface area contributed by atoms with Crippen LogP contribution in [0.5, 0.6) is 5.75 Å². The molecule has 0 spiro atoms. The van der Waals surface area contributed by atoms with Crippen LogP contribution in [0.1, 0.15) is 13.0 Å². The summed E-state index contributed by atoms with van der Waals surface area (Å²) < 4.78 is 19.7. The molecule has 1 atom stereocenters. The first-order valence-electron chi connectivity index (χ1n) is 5.60. The van der Waals surface area contributed by atoms with E-state index < -0.39 is 11.9 Å². The lowest BCUT2D eigenvalue weighted by atomic mass is 10.2. The molecule has 1 heterocycles. The topological polar surface area (TPSA) is 69.0 Å². The Morgan fingerprint density at radius 3 is 2.89 bits per heavy atom. The first-order valence-corrected chi connectivity index (χ1v) is 5.60. The highest BCUT2D eigenvalue weighted by Crippen LogP contribution is 2.21. The number of carbonyl (C=O) groups excluding carboxylic acids is 1. The highest BCUT2D eigenvalue weighted by atomic mass is 19.1. The first kappa shape index (κ1) is 13.0. The molecule has 6 nitrogen and oxygen atoms in total. The third-order valence-electron chi connectivity index (χ3n) is 2.63. The summed E-state index contributed by atoms with van der Waals surface area (Å²) in [6, 6.07) is 3.68. The zero-order valence-corrected chi connectivity index (χ0v) is 10.5. The van der Waals surface area contributed by atoms with Gasteiger partial charge in [-0.15, -0.1) is 0 Å². The maximum Gasteiger partial charge on any atom is 0.249 e. The van der Waals surface area contributed by atoms with E-state index in [1.54, 1.807) is 13.0 Å². The predicted octanol–water partition coefficient (Wildman–Crippen LogP) is 1.63. The molecule has 1 unspecified atom stereocenters. The van der Waals surface area contributed by atoms with Crippen molar-refractivity contribution in [3.05, 3.63) is 36.7 Å². The van der Waals surface area contributed by atoms with E-state index in [-0.39, 0.29) is 11.7 Å².